The molecule has 4 nitrogen and oxygen atoms in total. The highest BCUT2D eigenvalue weighted by Crippen LogP contribution is 2.35. The van der Waals surface area contributed by atoms with E-state index in [1.807, 2.05) is 25.5 Å². The smallest absolute Gasteiger partial charge is 0.0992 e. The lowest BCUT2D eigenvalue weighted by Crippen LogP contribution is -2.29. The third kappa shape index (κ3) is 3.00. The maximum Gasteiger partial charge on any atom is 0.0992 e. The van der Waals surface area contributed by atoms with Crippen LogP contribution in [0.3, 0.4) is 0 Å². The fourth-order valence-electron chi connectivity index (χ4n) is 1.66. The number of aryl methyl sites for hydroxylation is 1. The van der Waals surface area contributed by atoms with Gasteiger partial charge in [-0.15, -0.1) is 11.3 Å². The number of halogens is 2. The Kier molecular flexibility index (Phi) is 4.06. The lowest BCUT2D eigenvalue weighted by Gasteiger charge is -2.14. The van der Waals surface area contributed by atoms with Gasteiger partial charge in [-0.3, -0.25) is 16.0 Å². The molecule has 0 saturated carbocycles. The van der Waals surface area contributed by atoms with E-state index in [1.165, 1.54) is 11.3 Å². The Morgan fingerprint density at radius 1 is 1.59 bits per heavy atom. The molecular formula is C10H12Cl2N4S. The zero-order valence-corrected chi connectivity index (χ0v) is 11.5. The summed E-state index contributed by atoms with van der Waals surface area (Å²) < 4.78 is 3.09. The SMILES string of the molecule is Cn1cc(CC(NN)c2cc(Cl)sc2Cl)cn1. The van der Waals surface area contributed by atoms with Crippen molar-refractivity contribution in [2.75, 3.05) is 0 Å². The first kappa shape index (κ1) is 12.9. The Bertz CT molecular complexity index is 508. The molecule has 0 aliphatic carbocycles. The third-order valence-electron chi connectivity index (χ3n) is 2.46. The molecule has 0 saturated heterocycles. The zero-order chi connectivity index (χ0) is 12.4. The van der Waals surface area contributed by atoms with Gasteiger partial charge in [-0.05, 0) is 18.1 Å². The van der Waals surface area contributed by atoms with E-state index in [-0.39, 0.29) is 6.04 Å². The molecular weight excluding hydrogens is 279 g/mol. The Morgan fingerprint density at radius 3 is 2.82 bits per heavy atom. The topological polar surface area (TPSA) is 55.9 Å². The van der Waals surface area contributed by atoms with Gasteiger partial charge in [-0.1, -0.05) is 23.2 Å². The minimum absolute atomic E-state index is 0.0598. The van der Waals surface area contributed by atoms with Crippen LogP contribution in [0.4, 0.5) is 0 Å². The van der Waals surface area contributed by atoms with E-state index in [2.05, 4.69) is 10.5 Å². The molecule has 2 rings (SSSR count). The number of hydrogen-bond acceptors (Lipinski definition) is 4. The largest absolute Gasteiger partial charge is 0.276 e. The highest BCUT2D eigenvalue weighted by molar-refractivity contribution is 7.20. The summed E-state index contributed by atoms with van der Waals surface area (Å²) in [5, 5.41) is 4.12. The van der Waals surface area contributed by atoms with Crippen LogP contribution in [-0.2, 0) is 13.5 Å². The molecule has 7 heteroatoms. The molecule has 0 fully saturated rings. The second-order valence-corrected chi connectivity index (χ2v) is 6.01. The van der Waals surface area contributed by atoms with Gasteiger partial charge in [-0.2, -0.15) is 5.10 Å². The Morgan fingerprint density at radius 2 is 2.35 bits per heavy atom. The normalized spacial score (nSPS) is 12.9. The standard InChI is InChI=1S/C10H12Cl2N4S/c1-16-5-6(4-14-16)2-8(15-13)7-3-9(11)17-10(7)12/h3-5,8,15H,2,13H2,1H3. The molecule has 92 valence electrons. The van der Waals surface area contributed by atoms with Crippen molar-refractivity contribution in [2.45, 2.75) is 12.5 Å². The van der Waals surface area contributed by atoms with Crippen molar-refractivity contribution in [1.82, 2.24) is 15.2 Å². The molecule has 0 aliphatic rings. The van der Waals surface area contributed by atoms with Crippen molar-refractivity contribution in [3.05, 3.63) is 38.3 Å². The summed E-state index contributed by atoms with van der Waals surface area (Å²) in [6, 6.07) is 1.78. The Balaban J connectivity index is 2.19. The summed E-state index contributed by atoms with van der Waals surface area (Å²) >= 11 is 13.4. The number of hydrogen-bond donors (Lipinski definition) is 2. The van der Waals surface area contributed by atoms with Crippen LogP contribution < -0.4 is 11.3 Å². The number of aromatic nitrogens is 2. The second kappa shape index (κ2) is 5.37. The predicted molar refractivity (Wildman–Crippen MR) is 71.3 cm³/mol. The fourth-order valence-corrected chi connectivity index (χ4v) is 3.24. The van der Waals surface area contributed by atoms with E-state index >= 15 is 0 Å². The molecule has 2 aromatic rings. The van der Waals surface area contributed by atoms with Gasteiger partial charge in [0.2, 0.25) is 0 Å². The van der Waals surface area contributed by atoms with Crippen LogP contribution in [0.15, 0.2) is 18.5 Å². The third-order valence-corrected chi connectivity index (χ3v) is 3.98. The van der Waals surface area contributed by atoms with E-state index in [4.69, 9.17) is 29.0 Å². The van der Waals surface area contributed by atoms with Crippen molar-refractivity contribution in [1.29, 1.82) is 0 Å². The van der Waals surface area contributed by atoms with Gasteiger partial charge in [-0.25, -0.2) is 0 Å². The molecule has 0 aromatic carbocycles. The summed E-state index contributed by atoms with van der Waals surface area (Å²) in [4.78, 5) is 0. The first-order chi connectivity index (χ1) is 8.10. The van der Waals surface area contributed by atoms with Crippen molar-refractivity contribution < 1.29 is 0 Å². The molecule has 0 radical (unpaired) electrons. The van der Waals surface area contributed by atoms with Crippen LogP contribution in [0, 0.1) is 0 Å². The number of hydrazine groups is 1. The van der Waals surface area contributed by atoms with Gasteiger partial charge >= 0.3 is 0 Å². The second-order valence-electron chi connectivity index (χ2n) is 3.73. The van der Waals surface area contributed by atoms with E-state index in [0.29, 0.717) is 8.67 Å². The molecule has 3 N–H and O–H groups in total. The van der Waals surface area contributed by atoms with Gasteiger partial charge in [0.1, 0.15) is 0 Å². The van der Waals surface area contributed by atoms with Crippen molar-refractivity contribution in [3.63, 3.8) is 0 Å². The molecule has 1 unspecified atom stereocenters. The maximum atomic E-state index is 6.11. The first-order valence-electron chi connectivity index (χ1n) is 4.98. The average molecular weight is 291 g/mol. The van der Waals surface area contributed by atoms with Gasteiger partial charge in [0.25, 0.3) is 0 Å². The van der Waals surface area contributed by atoms with Gasteiger partial charge in [0.05, 0.1) is 20.9 Å². The minimum atomic E-state index is -0.0598. The van der Waals surface area contributed by atoms with Crippen LogP contribution in [-0.4, -0.2) is 9.78 Å². The number of nitrogens with zero attached hydrogens (tertiary/aromatic N) is 2. The van der Waals surface area contributed by atoms with Crippen LogP contribution >= 0.6 is 34.5 Å². The lowest BCUT2D eigenvalue weighted by atomic mass is 10.0. The quantitative estimate of drug-likeness (QED) is 0.672. The molecule has 1 atom stereocenters. The lowest BCUT2D eigenvalue weighted by molar-refractivity contribution is 0.553. The number of nitrogens with two attached hydrogens (primary N) is 1. The summed E-state index contributed by atoms with van der Waals surface area (Å²) in [5.41, 5.74) is 4.77. The molecule has 2 aromatic heterocycles. The van der Waals surface area contributed by atoms with E-state index < -0.39 is 0 Å². The average Bonchev–Trinajstić information content (AvgIpc) is 2.82. The van der Waals surface area contributed by atoms with Crippen molar-refractivity contribution in [2.24, 2.45) is 12.9 Å². The number of thiophene rings is 1. The summed E-state index contributed by atoms with van der Waals surface area (Å²) in [6.45, 7) is 0. The van der Waals surface area contributed by atoms with E-state index in [0.717, 1.165) is 17.5 Å². The summed E-state index contributed by atoms with van der Waals surface area (Å²) in [6.07, 6.45) is 4.48. The Labute approximate surface area is 113 Å². The Hall–Kier alpha value is -0.590. The van der Waals surface area contributed by atoms with Crippen LogP contribution in [0.25, 0.3) is 0 Å². The predicted octanol–water partition coefficient (Wildman–Crippen LogP) is 2.54. The highest BCUT2D eigenvalue weighted by Gasteiger charge is 2.17. The van der Waals surface area contributed by atoms with Crippen molar-refractivity contribution in [3.8, 4) is 0 Å². The van der Waals surface area contributed by atoms with E-state index in [1.54, 1.807) is 4.68 Å². The molecule has 2 heterocycles. The van der Waals surface area contributed by atoms with Gasteiger partial charge in [0, 0.05) is 18.8 Å². The summed E-state index contributed by atoms with van der Waals surface area (Å²) in [7, 11) is 1.88. The molecule has 0 spiro atoms. The zero-order valence-electron chi connectivity index (χ0n) is 9.15. The van der Waals surface area contributed by atoms with Gasteiger partial charge < -0.3 is 0 Å². The monoisotopic (exact) mass is 290 g/mol. The molecule has 0 bridgehead atoms. The number of rotatable bonds is 4. The maximum absolute atomic E-state index is 6.11. The van der Waals surface area contributed by atoms with E-state index in [9.17, 15) is 0 Å². The molecule has 0 amide bonds. The molecule has 0 aliphatic heterocycles. The fraction of sp³-hybridized carbons (Fsp3) is 0.300. The van der Waals surface area contributed by atoms with Gasteiger partial charge in [0.15, 0.2) is 0 Å². The highest BCUT2D eigenvalue weighted by atomic mass is 35.5. The van der Waals surface area contributed by atoms with Crippen molar-refractivity contribution >= 4 is 34.5 Å². The molecule has 17 heavy (non-hydrogen) atoms. The minimum Gasteiger partial charge on any atom is -0.276 e. The summed E-state index contributed by atoms with van der Waals surface area (Å²) in [5.74, 6) is 5.56. The van der Waals surface area contributed by atoms with Crippen LogP contribution in [0.1, 0.15) is 17.2 Å². The number of nitrogens with one attached hydrogen (secondary N) is 1. The van der Waals surface area contributed by atoms with Crippen LogP contribution in [0.5, 0.6) is 0 Å². The first-order valence-corrected chi connectivity index (χ1v) is 6.55. The van der Waals surface area contributed by atoms with Crippen LogP contribution in [0.2, 0.25) is 8.67 Å².